The third-order valence-electron chi connectivity index (χ3n) is 2.68. The van der Waals surface area contributed by atoms with E-state index >= 15 is 0 Å². The van der Waals surface area contributed by atoms with Crippen molar-refractivity contribution in [1.29, 1.82) is 5.26 Å². The summed E-state index contributed by atoms with van der Waals surface area (Å²) in [7, 11) is 0. The average molecular weight is 217 g/mol. The molecular formula is C11H11N3O2. The molecule has 2 rings (SSSR count). The standard InChI is InChI=1S/C11H11N3O2/c12-4-9-1-2-13-5-10(9)14-6-8(7-14)3-11(15)16/h1-2,5,8H,3,6-7H2,(H,15,16). The van der Waals surface area contributed by atoms with Gasteiger partial charge in [-0.2, -0.15) is 5.26 Å². The fourth-order valence-electron chi connectivity index (χ4n) is 1.88. The van der Waals surface area contributed by atoms with E-state index in [2.05, 4.69) is 11.1 Å². The van der Waals surface area contributed by atoms with Gasteiger partial charge in [-0.25, -0.2) is 0 Å². The number of rotatable bonds is 3. The summed E-state index contributed by atoms with van der Waals surface area (Å²) >= 11 is 0. The molecular weight excluding hydrogens is 206 g/mol. The molecule has 1 aromatic rings. The first kappa shape index (κ1) is 10.4. The van der Waals surface area contributed by atoms with E-state index in [1.165, 1.54) is 0 Å². The molecule has 0 bridgehead atoms. The molecule has 0 aliphatic carbocycles. The molecule has 1 aromatic heterocycles. The summed E-state index contributed by atoms with van der Waals surface area (Å²) in [6.45, 7) is 1.37. The topological polar surface area (TPSA) is 77.2 Å². The van der Waals surface area contributed by atoms with Crippen LogP contribution in [0.5, 0.6) is 0 Å². The molecule has 1 fully saturated rings. The fraction of sp³-hybridized carbons (Fsp3) is 0.364. The van der Waals surface area contributed by atoms with Gasteiger partial charge in [0.25, 0.3) is 0 Å². The number of pyridine rings is 1. The zero-order chi connectivity index (χ0) is 11.5. The van der Waals surface area contributed by atoms with Crippen LogP contribution in [0.2, 0.25) is 0 Å². The molecule has 1 aliphatic rings. The van der Waals surface area contributed by atoms with Crippen molar-refractivity contribution in [2.75, 3.05) is 18.0 Å². The predicted molar refractivity (Wildman–Crippen MR) is 56.9 cm³/mol. The molecule has 1 N–H and O–H groups in total. The molecule has 1 saturated heterocycles. The van der Waals surface area contributed by atoms with Gasteiger partial charge in [0, 0.05) is 25.2 Å². The van der Waals surface area contributed by atoms with Gasteiger partial charge in [-0.05, 0) is 6.07 Å². The lowest BCUT2D eigenvalue weighted by Crippen LogP contribution is -2.47. The maximum atomic E-state index is 10.5. The molecule has 0 radical (unpaired) electrons. The molecule has 0 atom stereocenters. The van der Waals surface area contributed by atoms with E-state index in [9.17, 15) is 4.79 Å². The summed E-state index contributed by atoms with van der Waals surface area (Å²) in [5.74, 6) is -0.583. The highest BCUT2D eigenvalue weighted by Crippen LogP contribution is 2.28. The molecule has 5 heteroatoms. The highest BCUT2D eigenvalue weighted by Gasteiger charge is 2.29. The Morgan fingerprint density at radius 3 is 3.06 bits per heavy atom. The number of aliphatic carboxylic acids is 1. The fourth-order valence-corrected chi connectivity index (χ4v) is 1.88. The summed E-state index contributed by atoms with van der Waals surface area (Å²) in [6, 6.07) is 3.77. The Bertz CT molecular complexity index is 447. The van der Waals surface area contributed by atoms with Crippen molar-refractivity contribution in [1.82, 2.24) is 4.98 Å². The van der Waals surface area contributed by atoms with Crippen LogP contribution < -0.4 is 4.90 Å². The number of carboxylic acids is 1. The van der Waals surface area contributed by atoms with Gasteiger partial charge in [0.05, 0.1) is 23.9 Å². The summed E-state index contributed by atoms with van der Waals surface area (Å²) in [5.41, 5.74) is 1.38. The van der Waals surface area contributed by atoms with Crippen molar-refractivity contribution in [2.45, 2.75) is 6.42 Å². The lowest BCUT2D eigenvalue weighted by molar-refractivity contribution is -0.138. The number of carboxylic acid groups (broad SMARTS) is 1. The predicted octanol–water partition coefficient (Wildman–Crippen LogP) is 0.864. The average Bonchev–Trinajstić information content (AvgIpc) is 2.22. The monoisotopic (exact) mass is 217 g/mol. The number of hydrogen-bond acceptors (Lipinski definition) is 4. The Morgan fingerprint density at radius 2 is 2.44 bits per heavy atom. The third kappa shape index (κ3) is 1.96. The van der Waals surface area contributed by atoms with Crippen molar-refractivity contribution in [2.24, 2.45) is 5.92 Å². The Balaban J connectivity index is 2.02. The Kier molecular flexibility index (Phi) is 2.73. The normalized spacial score (nSPS) is 15.3. The van der Waals surface area contributed by atoms with Gasteiger partial charge in [0.2, 0.25) is 0 Å². The second-order valence-electron chi connectivity index (χ2n) is 3.87. The molecule has 82 valence electrons. The van der Waals surface area contributed by atoms with Crippen LogP contribution in [0.25, 0.3) is 0 Å². The zero-order valence-electron chi connectivity index (χ0n) is 8.63. The molecule has 0 saturated carbocycles. The summed E-state index contributed by atoms with van der Waals surface area (Å²) < 4.78 is 0. The van der Waals surface area contributed by atoms with Crippen molar-refractivity contribution in [3.05, 3.63) is 24.0 Å². The second kappa shape index (κ2) is 4.19. The minimum absolute atomic E-state index is 0.184. The molecule has 0 amide bonds. The summed E-state index contributed by atoms with van der Waals surface area (Å²) in [6.07, 6.45) is 3.42. The van der Waals surface area contributed by atoms with Crippen LogP contribution in [0.1, 0.15) is 12.0 Å². The molecule has 0 aromatic carbocycles. The summed E-state index contributed by atoms with van der Waals surface area (Å²) in [4.78, 5) is 16.4. The van der Waals surface area contributed by atoms with Crippen molar-refractivity contribution in [3.8, 4) is 6.07 Å². The molecule has 16 heavy (non-hydrogen) atoms. The lowest BCUT2D eigenvalue weighted by Gasteiger charge is -2.40. The van der Waals surface area contributed by atoms with Gasteiger partial charge in [-0.1, -0.05) is 0 Å². The van der Waals surface area contributed by atoms with E-state index in [0.29, 0.717) is 18.7 Å². The maximum Gasteiger partial charge on any atom is 0.303 e. The van der Waals surface area contributed by atoms with Crippen LogP contribution in [0.15, 0.2) is 18.5 Å². The molecule has 0 spiro atoms. The number of nitriles is 1. The maximum absolute atomic E-state index is 10.5. The first-order chi connectivity index (χ1) is 7.70. The largest absolute Gasteiger partial charge is 0.481 e. The SMILES string of the molecule is N#Cc1ccncc1N1CC(CC(=O)O)C1. The van der Waals surface area contributed by atoms with Gasteiger partial charge in [-0.15, -0.1) is 0 Å². The van der Waals surface area contributed by atoms with Crippen molar-refractivity contribution < 1.29 is 9.90 Å². The van der Waals surface area contributed by atoms with Crippen LogP contribution in [-0.2, 0) is 4.79 Å². The molecule has 2 heterocycles. The summed E-state index contributed by atoms with van der Waals surface area (Å²) in [5, 5.41) is 17.5. The van der Waals surface area contributed by atoms with Crippen LogP contribution in [0.3, 0.4) is 0 Å². The van der Waals surface area contributed by atoms with E-state index in [4.69, 9.17) is 10.4 Å². The van der Waals surface area contributed by atoms with Gasteiger partial charge < -0.3 is 10.0 Å². The van der Waals surface area contributed by atoms with E-state index < -0.39 is 5.97 Å². The zero-order valence-corrected chi connectivity index (χ0v) is 8.63. The third-order valence-corrected chi connectivity index (χ3v) is 2.68. The number of nitrogens with zero attached hydrogens (tertiary/aromatic N) is 3. The minimum atomic E-state index is -0.767. The van der Waals surface area contributed by atoms with Gasteiger partial charge in [0.15, 0.2) is 0 Å². The van der Waals surface area contributed by atoms with E-state index in [1.54, 1.807) is 18.5 Å². The van der Waals surface area contributed by atoms with Gasteiger partial charge in [0.1, 0.15) is 6.07 Å². The molecule has 0 unspecified atom stereocenters. The minimum Gasteiger partial charge on any atom is -0.481 e. The number of anilines is 1. The first-order valence-electron chi connectivity index (χ1n) is 5.01. The first-order valence-corrected chi connectivity index (χ1v) is 5.01. The Labute approximate surface area is 92.9 Å². The van der Waals surface area contributed by atoms with Crippen molar-refractivity contribution in [3.63, 3.8) is 0 Å². The highest BCUT2D eigenvalue weighted by molar-refractivity contribution is 5.68. The van der Waals surface area contributed by atoms with Crippen LogP contribution in [0, 0.1) is 17.2 Å². The molecule has 1 aliphatic heterocycles. The quantitative estimate of drug-likeness (QED) is 0.812. The number of hydrogen-bond donors (Lipinski definition) is 1. The second-order valence-corrected chi connectivity index (χ2v) is 3.87. The number of aromatic nitrogens is 1. The van der Waals surface area contributed by atoms with Gasteiger partial charge >= 0.3 is 5.97 Å². The van der Waals surface area contributed by atoms with Gasteiger partial charge in [-0.3, -0.25) is 9.78 Å². The van der Waals surface area contributed by atoms with Crippen LogP contribution in [0.4, 0.5) is 5.69 Å². The highest BCUT2D eigenvalue weighted by atomic mass is 16.4. The van der Waals surface area contributed by atoms with Crippen LogP contribution >= 0.6 is 0 Å². The molecule has 5 nitrogen and oxygen atoms in total. The van der Waals surface area contributed by atoms with E-state index in [-0.39, 0.29) is 12.3 Å². The van der Waals surface area contributed by atoms with Crippen molar-refractivity contribution >= 4 is 11.7 Å². The van der Waals surface area contributed by atoms with E-state index in [1.807, 2.05) is 4.90 Å². The Morgan fingerprint density at radius 1 is 1.69 bits per heavy atom. The lowest BCUT2D eigenvalue weighted by atomic mass is 9.95. The van der Waals surface area contributed by atoms with Crippen LogP contribution in [-0.4, -0.2) is 29.1 Å². The Hall–Kier alpha value is -2.09. The smallest absolute Gasteiger partial charge is 0.303 e. The van der Waals surface area contributed by atoms with E-state index in [0.717, 1.165) is 5.69 Å². The number of carbonyl (C=O) groups is 1.